The SMILES string of the molecule is O=C1Nc2ccccc2CCC1N1CCC(Cc2cnc[nH]2)CC1. The number of hydrogen-bond donors (Lipinski definition) is 2. The number of para-hydroxylation sites is 1. The van der Waals surface area contributed by atoms with Gasteiger partial charge in [-0.2, -0.15) is 0 Å². The number of hydrogen-bond acceptors (Lipinski definition) is 3. The van der Waals surface area contributed by atoms with Crippen LogP contribution < -0.4 is 5.32 Å². The van der Waals surface area contributed by atoms with Gasteiger partial charge in [0, 0.05) is 17.6 Å². The van der Waals surface area contributed by atoms with Gasteiger partial charge in [0.05, 0.1) is 12.4 Å². The Balaban J connectivity index is 1.36. The first-order chi connectivity index (χ1) is 11.8. The largest absolute Gasteiger partial charge is 0.348 e. The highest BCUT2D eigenvalue weighted by Crippen LogP contribution is 2.27. The lowest BCUT2D eigenvalue weighted by molar-refractivity contribution is -0.122. The van der Waals surface area contributed by atoms with Crippen LogP contribution in [0.1, 0.15) is 30.5 Å². The van der Waals surface area contributed by atoms with Crippen LogP contribution in [0.3, 0.4) is 0 Å². The normalized spacial score (nSPS) is 22.7. The molecule has 0 saturated carbocycles. The molecule has 1 aromatic heterocycles. The number of aromatic nitrogens is 2. The molecule has 2 aliphatic heterocycles. The summed E-state index contributed by atoms with van der Waals surface area (Å²) in [6.07, 6.45) is 8.91. The minimum atomic E-state index is 0.00510. The van der Waals surface area contributed by atoms with Crippen molar-refractivity contribution in [3.63, 3.8) is 0 Å². The van der Waals surface area contributed by atoms with Crippen molar-refractivity contribution in [1.82, 2.24) is 14.9 Å². The number of aromatic amines is 1. The van der Waals surface area contributed by atoms with Gasteiger partial charge in [-0.25, -0.2) is 4.98 Å². The van der Waals surface area contributed by atoms with Gasteiger partial charge in [-0.3, -0.25) is 9.69 Å². The molecule has 0 bridgehead atoms. The third-order valence-electron chi connectivity index (χ3n) is 5.42. The van der Waals surface area contributed by atoms with Crippen molar-refractivity contribution in [2.45, 2.75) is 38.1 Å². The number of piperidine rings is 1. The van der Waals surface area contributed by atoms with Gasteiger partial charge in [0.25, 0.3) is 0 Å². The average Bonchev–Trinajstić information content (AvgIpc) is 3.04. The fourth-order valence-corrected chi connectivity index (χ4v) is 4.02. The number of likely N-dealkylation sites (tertiary alicyclic amines) is 1. The molecule has 1 saturated heterocycles. The smallest absolute Gasteiger partial charge is 0.241 e. The maximum absolute atomic E-state index is 12.6. The molecular formula is C19H24N4O. The number of aryl methyl sites for hydroxylation is 1. The van der Waals surface area contributed by atoms with Gasteiger partial charge in [-0.15, -0.1) is 0 Å². The van der Waals surface area contributed by atoms with Crippen molar-refractivity contribution in [1.29, 1.82) is 0 Å². The lowest BCUT2D eigenvalue weighted by Gasteiger charge is -2.36. The Hall–Kier alpha value is -2.14. The van der Waals surface area contributed by atoms with Crippen molar-refractivity contribution >= 4 is 11.6 Å². The summed E-state index contributed by atoms with van der Waals surface area (Å²) >= 11 is 0. The second-order valence-electron chi connectivity index (χ2n) is 6.96. The Morgan fingerprint density at radius 1 is 1.17 bits per heavy atom. The van der Waals surface area contributed by atoms with Gasteiger partial charge in [0.1, 0.15) is 0 Å². The quantitative estimate of drug-likeness (QED) is 0.912. The van der Waals surface area contributed by atoms with E-state index in [9.17, 15) is 4.79 Å². The summed E-state index contributed by atoms with van der Waals surface area (Å²) < 4.78 is 0. The molecule has 3 heterocycles. The first-order valence-electron chi connectivity index (χ1n) is 8.89. The van der Waals surface area contributed by atoms with Crippen LogP contribution in [-0.2, 0) is 17.6 Å². The van der Waals surface area contributed by atoms with Crippen LogP contribution in [0.15, 0.2) is 36.8 Å². The van der Waals surface area contributed by atoms with Crippen molar-refractivity contribution < 1.29 is 4.79 Å². The van der Waals surface area contributed by atoms with E-state index in [1.165, 1.54) is 11.3 Å². The molecule has 5 nitrogen and oxygen atoms in total. The van der Waals surface area contributed by atoms with Gasteiger partial charge >= 0.3 is 0 Å². The standard InChI is InChI=1S/C19H24N4O/c24-19-18(6-5-15-3-1-2-4-17(15)22-19)23-9-7-14(8-10-23)11-16-12-20-13-21-16/h1-4,12-14,18H,5-11H2,(H,20,21)(H,22,24). The highest BCUT2D eigenvalue weighted by molar-refractivity contribution is 5.96. The number of nitrogens with zero attached hydrogens (tertiary/aromatic N) is 2. The van der Waals surface area contributed by atoms with Gasteiger partial charge in [0.2, 0.25) is 5.91 Å². The van der Waals surface area contributed by atoms with E-state index < -0.39 is 0 Å². The molecule has 0 radical (unpaired) electrons. The number of benzene rings is 1. The molecule has 24 heavy (non-hydrogen) atoms. The van der Waals surface area contributed by atoms with Gasteiger partial charge in [-0.05, 0) is 62.7 Å². The molecule has 0 spiro atoms. The number of anilines is 1. The van der Waals surface area contributed by atoms with Gasteiger partial charge in [0.15, 0.2) is 0 Å². The Kier molecular flexibility index (Phi) is 4.34. The Morgan fingerprint density at radius 3 is 2.79 bits per heavy atom. The first kappa shape index (κ1) is 15.4. The predicted octanol–water partition coefficient (Wildman–Crippen LogP) is 2.62. The number of H-pyrrole nitrogens is 1. The number of fused-ring (bicyclic) bond motifs is 1. The zero-order valence-electron chi connectivity index (χ0n) is 13.9. The number of imidazole rings is 1. The average molecular weight is 324 g/mol. The monoisotopic (exact) mass is 324 g/mol. The fourth-order valence-electron chi connectivity index (χ4n) is 4.02. The maximum atomic E-state index is 12.6. The number of carbonyl (C=O) groups is 1. The summed E-state index contributed by atoms with van der Waals surface area (Å²) in [6.45, 7) is 2.01. The molecule has 126 valence electrons. The third kappa shape index (κ3) is 3.22. The fraction of sp³-hybridized carbons (Fsp3) is 0.474. The number of nitrogens with one attached hydrogen (secondary N) is 2. The molecule has 0 aliphatic carbocycles. The first-order valence-corrected chi connectivity index (χ1v) is 8.89. The lowest BCUT2D eigenvalue weighted by Crippen LogP contribution is -2.47. The summed E-state index contributed by atoms with van der Waals surface area (Å²) in [5.41, 5.74) is 3.46. The van der Waals surface area contributed by atoms with Crippen LogP contribution in [0.2, 0.25) is 0 Å². The molecule has 4 rings (SSSR count). The summed E-state index contributed by atoms with van der Waals surface area (Å²) in [7, 11) is 0. The van der Waals surface area contributed by atoms with Crippen LogP contribution >= 0.6 is 0 Å². The van der Waals surface area contributed by atoms with Crippen LogP contribution in [-0.4, -0.2) is 39.9 Å². The summed E-state index contributed by atoms with van der Waals surface area (Å²) in [4.78, 5) is 22.3. The zero-order valence-corrected chi connectivity index (χ0v) is 13.9. The topological polar surface area (TPSA) is 61.0 Å². The second kappa shape index (κ2) is 6.77. The number of rotatable bonds is 3. The van der Waals surface area contributed by atoms with Crippen LogP contribution in [0, 0.1) is 5.92 Å². The van der Waals surface area contributed by atoms with E-state index in [0.29, 0.717) is 5.92 Å². The summed E-state index contributed by atoms with van der Waals surface area (Å²) in [5, 5.41) is 3.12. The lowest BCUT2D eigenvalue weighted by atomic mass is 9.91. The zero-order chi connectivity index (χ0) is 16.4. The molecule has 5 heteroatoms. The van der Waals surface area contributed by atoms with Gasteiger partial charge < -0.3 is 10.3 Å². The summed E-state index contributed by atoms with van der Waals surface area (Å²) in [6, 6.07) is 8.17. The van der Waals surface area contributed by atoms with Crippen molar-refractivity contribution in [3.8, 4) is 0 Å². The van der Waals surface area contributed by atoms with E-state index in [-0.39, 0.29) is 11.9 Å². The highest BCUT2D eigenvalue weighted by atomic mass is 16.2. The molecule has 1 fully saturated rings. The van der Waals surface area contributed by atoms with Crippen LogP contribution in [0.25, 0.3) is 0 Å². The van der Waals surface area contributed by atoms with E-state index in [1.54, 1.807) is 6.33 Å². The van der Waals surface area contributed by atoms with Crippen molar-refractivity contribution in [2.75, 3.05) is 18.4 Å². The molecule has 1 atom stereocenters. The predicted molar refractivity (Wildman–Crippen MR) is 93.8 cm³/mol. The molecular weight excluding hydrogens is 300 g/mol. The highest BCUT2D eigenvalue weighted by Gasteiger charge is 2.31. The second-order valence-corrected chi connectivity index (χ2v) is 6.96. The Bertz CT molecular complexity index is 689. The molecule has 2 N–H and O–H groups in total. The van der Waals surface area contributed by atoms with E-state index in [1.807, 2.05) is 24.4 Å². The minimum absolute atomic E-state index is 0.00510. The van der Waals surface area contributed by atoms with E-state index in [4.69, 9.17) is 0 Å². The Labute approximate surface area is 142 Å². The minimum Gasteiger partial charge on any atom is -0.348 e. The summed E-state index contributed by atoms with van der Waals surface area (Å²) in [5.74, 6) is 0.847. The van der Waals surface area contributed by atoms with E-state index in [0.717, 1.165) is 50.9 Å². The van der Waals surface area contributed by atoms with E-state index in [2.05, 4.69) is 26.3 Å². The van der Waals surface area contributed by atoms with Gasteiger partial charge in [-0.1, -0.05) is 18.2 Å². The third-order valence-corrected chi connectivity index (χ3v) is 5.42. The number of carbonyl (C=O) groups excluding carboxylic acids is 1. The molecule has 1 amide bonds. The van der Waals surface area contributed by atoms with Crippen molar-refractivity contribution in [3.05, 3.63) is 48.0 Å². The molecule has 1 aromatic carbocycles. The molecule has 1 unspecified atom stereocenters. The van der Waals surface area contributed by atoms with Crippen LogP contribution in [0.5, 0.6) is 0 Å². The van der Waals surface area contributed by atoms with Crippen molar-refractivity contribution in [2.24, 2.45) is 5.92 Å². The van der Waals surface area contributed by atoms with E-state index >= 15 is 0 Å². The Morgan fingerprint density at radius 2 is 2.00 bits per heavy atom. The molecule has 2 aliphatic rings. The number of amides is 1. The molecule has 2 aromatic rings. The maximum Gasteiger partial charge on any atom is 0.241 e. The van der Waals surface area contributed by atoms with Crippen LogP contribution in [0.4, 0.5) is 5.69 Å².